The van der Waals surface area contributed by atoms with Crippen molar-refractivity contribution in [3.8, 4) is 0 Å². The van der Waals surface area contributed by atoms with Crippen LogP contribution in [0.2, 0.25) is 0 Å². The number of hydrogen-bond donors (Lipinski definition) is 2. The largest absolute Gasteiger partial charge is 0.381 e. The van der Waals surface area contributed by atoms with Crippen molar-refractivity contribution in [2.75, 3.05) is 20.2 Å². The van der Waals surface area contributed by atoms with Crippen molar-refractivity contribution in [2.45, 2.75) is 31.8 Å². The van der Waals surface area contributed by atoms with Crippen LogP contribution in [0.5, 0.6) is 0 Å². The van der Waals surface area contributed by atoms with Crippen molar-refractivity contribution < 1.29 is 4.74 Å². The molecular weight excluding hydrogens is 140 g/mol. The molecule has 11 heavy (non-hydrogen) atoms. The Kier molecular flexibility index (Phi) is 7.89. The molecule has 4 N–H and O–H groups in total. The summed E-state index contributed by atoms with van der Waals surface area (Å²) in [6.07, 6.45) is 4.62. The van der Waals surface area contributed by atoms with Crippen LogP contribution in [0.4, 0.5) is 0 Å². The summed E-state index contributed by atoms with van der Waals surface area (Å²) in [4.78, 5) is 0. The Morgan fingerprint density at radius 1 is 1.09 bits per heavy atom. The van der Waals surface area contributed by atoms with Crippen LogP contribution in [-0.2, 0) is 4.74 Å². The Labute approximate surface area is 69.1 Å². The van der Waals surface area contributed by atoms with Crippen molar-refractivity contribution in [3.63, 3.8) is 0 Å². The van der Waals surface area contributed by atoms with Crippen LogP contribution in [0.3, 0.4) is 0 Å². The molecule has 0 fully saturated rings. The van der Waals surface area contributed by atoms with E-state index in [2.05, 4.69) is 0 Å². The normalized spacial score (nSPS) is 13.4. The van der Waals surface area contributed by atoms with Gasteiger partial charge in [0.25, 0.3) is 0 Å². The smallest absolute Gasteiger partial charge is 0.0583 e. The zero-order valence-corrected chi connectivity index (χ0v) is 7.38. The molecule has 1 atom stereocenters. The molecule has 0 aromatic heterocycles. The van der Waals surface area contributed by atoms with Gasteiger partial charge in [-0.05, 0) is 38.8 Å². The third-order valence-corrected chi connectivity index (χ3v) is 1.80. The van der Waals surface area contributed by atoms with E-state index < -0.39 is 0 Å². The van der Waals surface area contributed by atoms with Gasteiger partial charge in [0.05, 0.1) is 6.10 Å². The summed E-state index contributed by atoms with van der Waals surface area (Å²) < 4.78 is 5.22. The van der Waals surface area contributed by atoms with Crippen LogP contribution in [0.15, 0.2) is 0 Å². The molecule has 0 aromatic rings. The highest BCUT2D eigenvalue weighted by atomic mass is 16.5. The van der Waals surface area contributed by atoms with Gasteiger partial charge in [0.15, 0.2) is 0 Å². The van der Waals surface area contributed by atoms with E-state index in [4.69, 9.17) is 16.2 Å². The van der Waals surface area contributed by atoms with Crippen molar-refractivity contribution in [1.82, 2.24) is 0 Å². The highest BCUT2D eigenvalue weighted by Crippen LogP contribution is 2.06. The maximum absolute atomic E-state index is 5.40. The molecule has 0 aliphatic heterocycles. The van der Waals surface area contributed by atoms with Gasteiger partial charge >= 0.3 is 0 Å². The lowest BCUT2D eigenvalue weighted by Gasteiger charge is -2.13. The molecule has 0 spiro atoms. The van der Waals surface area contributed by atoms with E-state index in [1.165, 1.54) is 0 Å². The van der Waals surface area contributed by atoms with Gasteiger partial charge in [0, 0.05) is 7.11 Å². The highest BCUT2D eigenvalue weighted by Gasteiger charge is 2.04. The second-order valence-electron chi connectivity index (χ2n) is 2.72. The Hall–Kier alpha value is -0.120. The molecule has 3 nitrogen and oxygen atoms in total. The molecule has 0 aromatic carbocycles. The van der Waals surface area contributed by atoms with Gasteiger partial charge in [-0.1, -0.05) is 0 Å². The molecule has 0 saturated heterocycles. The summed E-state index contributed by atoms with van der Waals surface area (Å²) in [5.41, 5.74) is 10.8. The first kappa shape index (κ1) is 10.9. The summed E-state index contributed by atoms with van der Waals surface area (Å²) in [6, 6.07) is 0. The Balaban J connectivity index is 3.20. The lowest BCUT2D eigenvalue weighted by molar-refractivity contribution is 0.0879. The van der Waals surface area contributed by atoms with E-state index >= 15 is 0 Å². The lowest BCUT2D eigenvalue weighted by Crippen LogP contribution is -2.16. The minimum atomic E-state index is 0.339. The van der Waals surface area contributed by atoms with Crippen molar-refractivity contribution in [1.29, 1.82) is 0 Å². The number of unbranched alkanes of at least 4 members (excludes halogenated alkanes) is 1. The lowest BCUT2D eigenvalue weighted by atomic mass is 10.1. The standard InChI is InChI=1S/C8H20N2O/c1-11-8(5-7-10)4-2-3-6-9/h8H,2-7,9-10H2,1H3. The van der Waals surface area contributed by atoms with Crippen molar-refractivity contribution >= 4 is 0 Å². The molecule has 0 saturated carbocycles. The van der Waals surface area contributed by atoms with Gasteiger partial charge in [-0.15, -0.1) is 0 Å². The molecule has 0 amide bonds. The first-order valence-corrected chi connectivity index (χ1v) is 4.28. The summed E-state index contributed by atoms with van der Waals surface area (Å²) >= 11 is 0. The quantitative estimate of drug-likeness (QED) is 0.532. The number of methoxy groups -OCH3 is 1. The van der Waals surface area contributed by atoms with Crippen LogP contribution in [0.25, 0.3) is 0 Å². The zero-order valence-electron chi connectivity index (χ0n) is 7.38. The van der Waals surface area contributed by atoms with Gasteiger partial charge in [-0.25, -0.2) is 0 Å². The second kappa shape index (κ2) is 7.98. The van der Waals surface area contributed by atoms with E-state index in [0.717, 1.165) is 32.2 Å². The second-order valence-corrected chi connectivity index (χ2v) is 2.72. The predicted octanol–water partition coefficient (Wildman–Crippen LogP) is 0.479. The van der Waals surface area contributed by atoms with Crippen LogP contribution in [0.1, 0.15) is 25.7 Å². The monoisotopic (exact) mass is 160 g/mol. The molecule has 1 unspecified atom stereocenters. The van der Waals surface area contributed by atoms with Crippen LogP contribution in [-0.4, -0.2) is 26.3 Å². The molecule has 0 rings (SSSR count). The van der Waals surface area contributed by atoms with Gasteiger partial charge in [-0.3, -0.25) is 0 Å². The summed E-state index contributed by atoms with van der Waals surface area (Å²) in [5, 5.41) is 0. The maximum atomic E-state index is 5.40. The van der Waals surface area contributed by atoms with Gasteiger partial charge in [-0.2, -0.15) is 0 Å². The Morgan fingerprint density at radius 3 is 2.27 bits per heavy atom. The van der Waals surface area contributed by atoms with Crippen molar-refractivity contribution in [2.24, 2.45) is 11.5 Å². The number of hydrogen-bond acceptors (Lipinski definition) is 3. The number of ether oxygens (including phenoxy) is 1. The average Bonchev–Trinajstić information content (AvgIpc) is 2.03. The molecule has 3 heteroatoms. The zero-order chi connectivity index (χ0) is 8.53. The van der Waals surface area contributed by atoms with Gasteiger partial charge in [0.1, 0.15) is 0 Å². The van der Waals surface area contributed by atoms with Gasteiger partial charge in [0.2, 0.25) is 0 Å². The third-order valence-electron chi connectivity index (χ3n) is 1.80. The first-order chi connectivity index (χ1) is 5.35. The topological polar surface area (TPSA) is 61.3 Å². The maximum Gasteiger partial charge on any atom is 0.0583 e. The third kappa shape index (κ3) is 6.28. The summed E-state index contributed by atoms with van der Waals surface area (Å²) in [5.74, 6) is 0. The van der Waals surface area contributed by atoms with Gasteiger partial charge < -0.3 is 16.2 Å². The van der Waals surface area contributed by atoms with E-state index in [9.17, 15) is 0 Å². The average molecular weight is 160 g/mol. The van der Waals surface area contributed by atoms with Crippen molar-refractivity contribution in [3.05, 3.63) is 0 Å². The van der Waals surface area contributed by atoms with E-state index in [1.807, 2.05) is 0 Å². The van der Waals surface area contributed by atoms with Crippen LogP contribution < -0.4 is 11.5 Å². The Morgan fingerprint density at radius 2 is 1.82 bits per heavy atom. The van der Waals surface area contributed by atoms with E-state index in [-0.39, 0.29) is 0 Å². The molecule has 0 radical (unpaired) electrons. The molecule has 0 heterocycles. The SMILES string of the molecule is COC(CCN)CCCCN. The Bertz CT molecular complexity index is 78.5. The predicted molar refractivity (Wildman–Crippen MR) is 47.4 cm³/mol. The summed E-state index contributed by atoms with van der Waals surface area (Å²) in [7, 11) is 1.74. The molecule has 0 bridgehead atoms. The summed E-state index contributed by atoms with van der Waals surface area (Å²) in [6.45, 7) is 1.49. The molecular formula is C8H20N2O. The minimum absolute atomic E-state index is 0.339. The number of rotatable bonds is 7. The fraction of sp³-hybridized carbons (Fsp3) is 1.00. The molecule has 0 aliphatic carbocycles. The fourth-order valence-corrected chi connectivity index (χ4v) is 1.08. The van der Waals surface area contributed by atoms with Crippen LogP contribution >= 0.6 is 0 Å². The highest BCUT2D eigenvalue weighted by molar-refractivity contribution is 4.58. The number of nitrogens with two attached hydrogens (primary N) is 2. The van der Waals surface area contributed by atoms with Crippen LogP contribution in [0, 0.1) is 0 Å². The fourth-order valence-electron chi connectivity index (χ4n) is 1.08. The molecule has 68 valence electrons. The minimum Gasteiger partial charge on any atom is -0.381 e. The van der Waals surface area contributed by atoms with E-state index in [1.54, 1.807) is 7.11 Å². The first-order valence-electron chi connectivity index (χ1n) is 4.28. The molecule has 0 aliphatic rings. The van der Waals surface area contributed by atoms with E-state index in [0.29, 0.717) is 12.6 Å².